The van der Waals surface area contributed by atoms with Crippen LogP contribution in [0.25, 0.3) is 0 Å². The van der Waals surface area contributed by atoms with Crippen molar-refractivity contribution in [3.8, 4) is 5.75 Å². The summed E-state index contributed by atoms with van der Waals surface area (Å²) in [6, 6.07) is 7.11. The Morgan fingerprint density at radius 1 is 1.10 bits per heavy atom. The quantitative estimate of drug-likeness (QED) is 0.786. The zero-order valence-electron chi connectivity index (χ0n) is 17.0. The first-order valence-corrected chi connectivity index (χ1v) is 10.8. The number of ether oxygens (including phenoxy) is 2. The number of nitrogens with one attached hydrogen (secondary N) is 1. The number of morpholine rings is 1. The first-order chi connectivity index (χ1) is 14.2. The molecule has 1 unspecified atom stereocenters. The molecule has 1 aromatic carbocycles. The highest BCUT2D eigenvalue weighted by Crippen LogP contribution is 2.33. The number of carbonyl (C=O) groups is 2. The number of para-hydroxylation sites is 1. The summed E-state index contributed by atoms with van der Waals surface area (Å²) in [5.74, 6) is 0.410. The lowest BCUT2D eigenvalue weighted by atomic mass is 10.0. The maximum absolute atomic E-state index is 13.3. The van der Waals surface area contributed by atoms with Crippen LogP contribution in [0.1, 0.15) is 43.7 Å². The first kappa shape index (κ1) is 20.2. The molecule has 2 heterocycles. The van der Waals surface area contributed by atoms with E-state index in [-0.39, 0.29) is 24.5 Å². The highest BCUT2D eigenvalue weighted by molar-refractivity contribution is 5.90. The van der Waals surface area contributed by atoms with Gasteiger partial charge in [0.15, 0.2) is 6.61 Å². The molecule has 0 aromatic heterocycles. The molecule has 0 bridgehead atoms. The third-order valence-corrected chi connectivity index (χ3v) is 6.12. The third kappa shape index (κ3) is 4.90. The standard InChI is InChI=1S/C22H31N3O4/c26-20-16-29-19-9-4-3-8-18(19)21(22(27)23-17-6-1-2-7-17)25(20)11-5-10-24-12-14-28-15-13-24/h3-4,8-9,17,21H,1-2,5-7,10-16H2,(H,23,27). The summed E-state index contributed by atoms with van der Waals surface area (Å²) in [4.78, 5) is 30.3. The van der Waals surface area contributed by atoms with Crippen LogP contribution in [0.15, 0.2) is 24.3 Å². The maximum atomic E-state index is 13.3. The molecule has 2 aliphatic heterocycles. The van der Waals surface area contributed by atoms with Crippen molar-refractivity contribution >= 4 is 11.8 Å². The molecule has 158 valence electrons. The second-order valence-corrected chi connectivity index (χ2v) is 8.11. The Morgan fingerprint density at radius 2 is 1.86 bits per heavy atom. The van der Waals surface area contributed by atoms with Crippen molar-refractivity contribution in [2.45, 2.75) is 44.2 Å². The summed E-state index contributed by atoms with van der Waals surface area (Å²) >= 11 is 0. The summed E-state index contributed by atoms with van der Waals surface area (Å²) in [6.45, 7) is 4.77. The van der Waals surface area contributed by atoms with Crippen molar-refractivity contribution in [3.63, 3.8) is 0 Å². The number of carbonyl (C=O) groups excluding carboxylic acids is 2. The van der Waals surface area contributed by atoms with Gasteiger partial charge in [0.05, 0.1) is 13.2 Å². The number of rotatable bonds is 6. The van der Waals surface area contributed by atoms with E-state index in [2.05, 4.69) is 10.2 Å². The number of benzene rings is 1. The van der Waals surface area contributed by atoms with Crippen molar-refractivity contribution in [1.82, 2.24) is 15.1 Å². The van der Waals surface area contributed by atoms with E-state index < -0.39 is 6.04 Å². The Bertz CT molecular complexity index is 714. The van der Waals surface area contributed by atoms with Gasteiger partial charge < -0.3 is 19.7 Å². The molecule has 1 saturated carbocycles. The third-order valence-electron chi connectivity index (χ3n) is 6.12. The van der Waals surface area contributed by atoms with Gasteiger partial charge >= 0.3 is 0 Å². The molecule has 1 N–H and O–H groups in total. The lowest BCUT2D eigenvalue weighted by Crippen LogP contribution is -2.47. The fourth-order valence-electron chi connectivity index (χ4n) is 4.55. The molecule has 1 aliphatic carbocycles. The van der Waals surface area contributed by atoms with Gasteiger partial charge in [0.2, 0.25) is 5.91 Å². The van der Waals surface area contributed by atoms with Crippen LogP contribution in [-0.2, 0) is 14.3 Å². The van der Waals surface area contributed by atoms with E-state index in [9.17, 15) is 9.59 Å². The smallest absolute Gasteiger partial charge is 0.261 e. The van der Waals surface area contributed by atoms with Crippen LogP contribution in [0.2, 0.25) is 0 Å². The fourth-order valence-corrected chi connectivity index (χ4v) is 4.55. The Labute approximate surface area is 172 Å². The molecule has 7 nitrogen and oxygen atoms in total. The van der Waals surface area contributed by atoms with Crippen molar-refractivity contribution < 1.29 is 19.1 Å². The number of amides is 2. The average molecular weight is 402 g/mol. The van der Waals surface area contributed by atoms with Gasteiger partial charge in [0.25, 0.3) is 5.91 Å². The van der Waals surface area contributed by atoms with Crippen LogP contribution in [0.4, 0.5) is 0 Å². The van der Waals surface area contributed by atoms with Crippen molar-refractivity contribution in [3.05, 3.63) is 29.8 Å². The van der Waals surface area contributed by atoms with Crippen LogP contribution in [0.5, 0.6) is 5.75 Å². The van der Waals surface area contributed by atoms with Gasteiger partial charge in [-0.05, 0) is 25.3 Å². The summed E-state index contributed by atoms with van der Waals surface area (Å²) in [6.07, 6.45) is 5.15. The normalized spacial score (nSPS) is 23.4. The van der Waals surface area contributed by atoms with Crippen molar-refractivity contribution in [2.24, 2.45) is 0 Å². The molecule has 2 fully saturated rings. The fraction of sp³-hybridized carbons (Fsp3) is 0.636. The van der Waals surface area contributed by atoms with Gasteiger partial charge in [-0.1, -0.05) is 31.0 Å². The molecule has 2 amide bonds. The van der Waals surface area contributed by atoms with E-state index in [4.69, 9.17) is 9.47 Å². The molecule has 0 spiro atoms. The number of fused-ring (bicyclic) bond motifs is 1. The van der Waals surface area contributed by atoms with E-state index in [0.29, 0.717) is 12.3 Å². The molecule has 1 saturated heterocycles. The molecule has 1 aromatic rings. The van der Waals surface area contributed by atoms with Crippen molar-refractivity contribution in [1.29, 1.82) is 0 Å². The topological polar surface area (TPSA) is 71.1 Å². The van der Waals surface area contributed by atoms with Crippen LogP contribution < -0.4 is 10.1 Å². The van der Waals surface area contributed by atoms with E-state index in [0.717, 1.165) is 70.5 Å². The number of hydrogen-bond acceptors (Lipinski definition) is 5. The molecular formula is C22H31N3O4. The summed E-state index contributed by atoms with van der Waals surface area (Å²) in [7, 11) is 0. The minimum atomic E-state index is -0.633. The number of nitrogens with zero attached hydrogens (tertiary/aromatic N) is 2. The van der Waals surface area contributed by atoms with Gasteiger partial charge in [-0.2, -0.15) is 0 Å². The molecule has 4 rings (SSSR count). The second-order valence-electron chi connectivity index (χ2n) is 8.11. The summed E-state index contributed by atoms with van der Waals surface area (Å²) in [5.41, 5.74) is 0.778. The summed E-state index contributed by atoms with van der Waals surface area (Å²) in [5, 5.41) is 3.19. The predicted molar refractivity (Wildman–Crippen MR) is 109 cm³/mol. The van der Waals surface area contributed by atoms with Gasteiger partial charge in [0, 0.05) is 37.8 Å². The Balaban J connectivity index is 1.50. The van der Waals surface area contributed by atoms with E-state index in [1.54, 1.807) is 4.90 Å². The van der Waals surface area contributed by atoms with Crippen LogP contribution in [0, 0.1) is 0 Å². The van der Waals surface area contributed by atoms with Gasteiger partial charge in [-0.3, -0.25) is 14.5 Å². The van der Waals surface area contributed by atoms with Gasteiger partial charge in [-0.25, -0.2) is 0 Å². The lowest BCUT2D eigenvalue weighted by Gasteiger charge is -2.32. The zero-order valence-corrected chi connectivity index (χ0v) is 17.0. The average Bonchev–Trinajstić information content (AvgIpc) is 3.20. The Kier molecular flexibility index (Phi) is 6.67. The molecule has 3 aliphatic rings. The van der Waals surface area contributed by atoms with E-state index in [1.165, 1.54) is 0 Å². The lowest BCUT2D eigenvalue weighted by molar-refractivity contribution is -0.141. The van der Waals surface area contributed by atoms with Crippen LogP contribution in [-0.4, -0.2) is 73.7 Å². The molecule has 1 atom stereocenters. The van der Waals surface area contributed by atoms with E-state index >= 15 is 0 Å². The van der Waals surface area contributed by atoms with Crippen LogP contribution in [0.3, 0.4) is 0 Å². The predicted octanol–water partition coefficient (Wildman–Crippen LogP) is 1.73. The molecule has 7 heteroatoms. The second kappa shape index (κ2) is 9.59. The SMILES string of the molecule is O=C(NC1CCCC1)C1c2ccccc2OCC(=O)N1CCCN1CCOCC1. The largest absolute Gasteiger partial charge is 0.483 e. The zero-order chi connectivity index (χ0) is 20.1. The highest BCUT2D eigenvalue weighted by Gasteiger charge is 2.37. The molecule has 0 radical (unpaired) electrons. The first-order valence-electron chi connectivity index (χ1n) is 10.8. The molecular weight excluding hydrogens is 370 g/mol. The highest BCUT2D eigenvalue weighted by atomic mass is 16.5. The minimum Gasteiger partial charge on any atom is -0.483 e. The van der Waals surface area contributed by atoms with E-state index in [1.807, 2.05) is 24.3 Å². The minimum absolute atomic E-state index is 0.0260. The van der Waals surface area contributed by atoms with Gasteiger partial charge in [-0.15, -0.1) is 0 Å². The molecule has 29 heavy (non-hydrogen) atoms. The summed E-state index contributed by atoms with van der Waals surface area (Å²) < 4.78 is 11.1. The maximum Gasteiger partial charge on any atom is 0.261 e. The van der Waals surface area contributed by atoms with Crippen molar-refractivity contribution in [2.75, 3.05) is 46.0 Å². The Hall–Kier alpha value is -2.12. The monoisotopic (exact) mass is 401 g/mol. The van der Waals surface area contributed by atoms with Gasteiger partial charge in [0.1, 0.15) is 11.8 Å². The van der Waals surface area contributed by atoms with Crippen LogP contribution >= 0.6 is 0 Å². The number of hydrogen-bond donors (Lipinski definition) is 1. The Morgan fingerprint density at radius 3 is 2.66 bits per heavy atom.